The van der Waals surface area contributed by atoms with Crippen LogP contribution in [0, 0.1) is 6.92 Å². The Hall–Kier alpha value is -3.28. The lowest BCUT2D eigenvalue weighted by molar-refractivity contribution is -0.143. The van der Waals surface area contributed by atoms with Crippen LogP contribution in [0.1, 0.15) is 56.3 Å². The molecule has 0 radical (unpaired) electrons. The average Bonchev–Trinajstić information content (AvgIpc) is 2.72. The highest BCUT2D eigenvalue weighted by molar-refractivity contribution is 5.95. The Morgan fingerprint density at radius 1 is 1.10 bits per heavy atom. The van der Waals surface area contributed by atoms with Gasteiger partial charge in [0.2, 0.25) is 0 Å². The van der Waals surface area contributed by atoms with Crippen molar-refractivity contribution in [2.24, 2.45) is 0 Å². The van der Waals surface area contributed by atoms with Gasteiger partial charge >= 0.3 is 12.0 Å². The van der Waals surface area contributed by atoms with Crippen molar-refractivity contribution in [2.45, 2.75) is 59.3 Å². The van der Waals surface area contributed by atoms with E-state index in [1.54, 1.807) is 13.8 Å². The van der Waals surface area contributed by atoms with Gasteiger partial charge in [0.05, 0.1) is 17.7 Å². The zero-order valence-corrected chi connectivity index (χ0v) is 18.5. The molecule has 1 atom stereocenters. The van der Waals surface area contributed by atoms with Crippen molar-refractivity contribution in [1.82, 2.24) is 10.6 Å². The number of rotatable bonds is 8. The van der Waals surface area contributed by atoms with Crippen LogP contribution in [-0.2, 0) is 16.1 Å². The number of allylic oxidation sites excluding steroid dienone is 1. The number of esters is 1. The van der Waals surface area contributed by atoms with Crippen molar-refractivity contribution in [3.63, 3.8) is 0 Å². The quantitative estimate of drug-likeness (QED) is 0.591. The molecule has 31 heavy (non-hydrogen) atoms. The number of carbonyl (C=O) groups excluding carboxylic acids is 2. The molecule has 1 aliphatic rings. The van der Waals surface area contributed by atoms with Crippen molar-refractivity contribution in [1.29, 1.82) is 0 Å². The van der Waals surface area contributed by atoms with Gasteiger partial charge in [-0.1, -0.05) is 55.8 Å². The third-order valence-corrected chi connectivity index (χ3v) is 5.09. The molecule has 1 unspecified atom stereocenters. The summed E-state index contributed by atoms with van der Waals surface area (Å²) in [6, 6.07) is 14.5. The SMILES string of the molecule is CCCC1=C(C(=O)OC(C)C)C(c2ccccc2OCc2ccccc2C)NC(=O)N1. The third-order valence-electron chi connectivity index (χ3n) is 5.09. The maximum atomic E-state index is 13.0. The smallest absolute Gasteiger partial charge is 0.338 e. The molecule has 164 valence electrons. The van der Waals surface area contributed by atoms with E-state index < -0.39 is 12.0 Å². The van der Waals surface area contributed by atoms with Crippen LogP contribution in [0.3, 0.4) is 0 Å². The van der Waals surface area contributed by atoms with Crippen LogP contribution in [0.15, 0.2) is 59.8 Å². The molecule has 6 nitrogen and oxygen atoms in total. The van der Waals surface area contributed by atoms with E-state index in [-0.39, 0.29) is 12.1 Å². The highest BCUT2D eigenvalue weighted by Crippen LogP contribution is 2.35. The van der Waals surface area contributed by atoms with Crippen molar-refractivity contribution >= 4 is 12.0 Å². The molecule has 6 heteroatoms. The number of aryl methyl sites for hydroxylation is 1. The van der Waals surface area contributed by atoms with Crippen LogP contribution < -0.4 is 15.4 Å². The van der Waals surface area contributed by atoms with Gasteiger partial charge in [0.1, 0.15) is 12.4 Å². The zero-order chi connectivity index (χ0) is 22.4. The lowest BCUT2D eigenvalue weighted by Crippen LogP contribution is -2.46. The Morgan fingerprint density at radius 2 is 1.81 bits per heavy atom. The molecule has 2 amide bonds. The van der Waals surface area contributed by atoms with Crippen LogP contribution in [0.25, 0.3) is 0 Å². The Kier molecular flexibility index (Phi) is 7.34. The van der Waals surface area contributed by atoms with Gasteiger partial charge in [-0.2, -0.15) is 0 Å². The maximum Gasteiger partial charge on any atom is 0.338 e. The third kappa shape index (κ3) is 5.45. The zero-order valence-electron chi connectivity index (χ0n) is 18.5. The van der Waals surface area contributed by atoms with E-state index in [4.69, 9.17) is 9.47 Å². The van der Waals surface area contributed by atoms with Crippen molar-refractivity contribution in [2.75, 3.05) is 0 Å². The minimum atomic E-state index is -0.658. The first kappa shape index (κ1) is 22.4. The fourth-order valence-electron chi connectivity index (χ4n) is 3.59. The first-order valence-corrected chi connectivity index (χ1v) is 10.7. The minimum Gasteiger partial charge on any atom is -0.489 e. The number of urea groups is 1. The van der Waals surface area contributed by atoms with E-state index in [0.29, 0.717) is 30.0 Å². The molecule has 0 spiro atoms. The summed E-state index contributed by atoms with van der Waals surface area (Å²) in [5.41, 5.74) is 3.95. The van der Waals surface area contributed by atoms with Crippen molar-refractivity contribution in [3.8, 4) is 5.75 Å². The predicted octanol–water partition coefficient (Wildman–Crippen LogP) is 4.93. The molecule has 3 rings (SSSR count). The predicted molar refractivity (Wildman–Crippen MR) is 120 cm³/mol. The largest absolute Gasteiger partial charge is 0.489 e. The lowest BCUT2D eigenvalue weighted by atomic mass is 9.93. The van der Waals surface area contributed by atoms with Crippen LogP contribution in [-0.4, -0.2) is 18.1 Å². The minimum absolute atomic E-state index is 0.270. The van der Waals surface area contributed by atoms with Gasteiger partial charge in [0, 0.05) is 11.3 Å². The van der Waals surface area contributed by atoms with Gasteiger partial charge in [-0.15, -0.1) is 0 Å². The summed E-state index contributed by atoms with van der Waals surface area (Å²) in [6.07, 6.45) is 1.08. The highest BCUT2D eigenvalue weighted by Gasteiger charge is 2.35. The van der Waals surface area contributed by atoms with Gasteiger partial charge in [0.15, 0.2) is 0 Å². The summed E-state index contributed by atoms with van der Waals surface area (Å²) in [4.78, 5) is 25.4. The topological polar surface area (TPSA) is 76.7 Å². The number of para-hydroxylation sites is 1. The Bertz CT molecular complexity index is 981. The second-order valence-electron chi connectivity index (χ2n) is 7.88. The Morgan fingerprint density at radius 3 is 2.52 bits per heavy atom. The molecular weight excluding hydrogens is 392 g/mol. The molecule has 0 fully saturated rings. The van der Waals surface area contributed by atoms with Crippen molar-refractivity contribution in [3.05, 3.63) is 76.5 Å². The molecule has 0 saturated heterocycles. The summed E-state index contributed by atoms with van der Waals surface area (Å²) in [7, 11) is 0. The number of ether oxygens (including phenoxy) is 2. The van der Waals surface area contributed by atoms with E-state index in [9.17, 15) is 9.59 Å². The summed E-state index contributed by atoms with van der Waals surface area (Å²) in [5, 5.41) is 5.68. The Balaban J connectivity index is 1.98. The van der Waals surface area contributed by atoms with Crippen LogP contribution >= 0.6 is 0 Å². The number of amides is 2. The fraction of sp³-hybridized carbons (Fsp3) is 0.360. The monoisotopic (exact) mass is 422 g/mol. The first-order valence-electron chi connectivity index (χ1n) is 10.7. The number of benzene rings is 2. The molecule has 0 aliphatic carbocycles. The summed E-state index contributed by atoms with van der Waals surface area (Å²) >= 11 is 0. The Labute approximate surface area is 183 Å². The van der Waals surface area contributed by atoms with E-state index in [1.807, 2.05) is 62.4 Å². The van der Waals surface area contributed by atoms with E-state index >= 15 is 0 Å². The second kappa shape index (κ2) is 10.2. The molecule has 2 aromatic carbocycles. The van der Waals surface area contributed by atoms with Crippen LogP contribution in [0.2, 0.25) is 0 Å². The molecule has 0 aromatic heterocycles. The number of nitrogens with one attached hydrogen (secondary N) is 2. The number of carbonyl (C=O) groups is 2. The normalized spacial score (nSPS) is 16.0. The summed E-state index contributed by atoms with van der Waals surface area (Å²) in [5.74, 6) is 0.174. The lowest BCUT2D eigenvalue weighted by Gasteiger charge is -2.30. The van der Waals surface area contributed by atoms with Gasteiger partial charge in [-0.3, -0.25) is 0 Å². The fourth-order valence-corrected chi connectivity index (χ4v) is 3.59. The molecule has 0 saturated carbocycles. The van der Waals surface area contributed by atoms with Crippen molar-refractivity contribution < 1.29 is 19.1 Å². The molecule has 0 bridgehead atoms. The summed E-state index contributed by atoms with van der Waals surface area (Å²) < 4.78 is 11.7. The van der Waals surface area contributed by atoms with Crippen LogP contribution in [0.5, 0.6) is 5.75 Å². The van der Waals surface area contributed by atoms with Gasteiger partial charge < -0.3 is 20.1 Å². The van der Waals surface area contributed by atoms with E-state index in [2.05, 4.69) is 10.6 Å². The summed E-state index contributed by atoms with van der Waals surface area (Å²) in [6.45, 7) is 8.04. The van der Waals surface area contributed by atoms with Crippen LogP contribution in [0.4, 0.5) is 4.79 Å². The second-order valence-corrected chi connectivity index (χ2v) is 7.88. The van der Waals surface area contributed by atoms with E-state index in [1.165, 1.54) is 0 Å². The van der Waals surface area contributed by atoms with Gasteiger partial charge in [-0.05, 0) is 44.4 Å². The van der Waals surface area contributed by atoms with E-state index in [0.717, 1.165) is 23.1 Å². The standard InChI is InChI=1S/C25H30N2O4/c1-5-10-20-22(24(28)31-16(2)3)23(27-25(29)26-20)19-13-8-9-14-21(19)30-15-18-12-7-6-11-17(18)4/h6-9,11-14,16,23H,5,10,15H2,1-4H3,(H2,26,27,29). The molecule has 1 aliphatic heterocycles. The first-order chi connectivity index (χ1) is 14.9. The number of hydrogen-bond acceptors (Lipinski definition) is 4. The van der Waals surface area contributed by atoms with Gasteiger partial charge in [-0.25, -0.2) is 9.59 Å². The molecule has 1 heterocycles. The maximum absolute atomic E-state index is 13.0. The molecular formula is C25H30N2O4. The van der Waals surface area contributed by atoms with Gasteiger partial charge in [0.25, 0.3) is 0 Å². The molecule has 2 N–H and O–H groups in total. The average molecular weight is 423 g/mol. The highest BCUT2D eigenvalue weighted by atomic mass is 16.5. The molecule has 2 aromatic rings. The number of hydrogen-bond donors (Lipinski definition) is 2.